The molecule has 11 heteroatoms. The molecule has 6 rings (SSSR count). The summed E-state index contributed by atoms with van der Waals surface area (Å²) < 4.78 is 88.5. The number of nitrogens with zero attached hydrogens (tertiary/aromatic N) is 1. The Kier molecular flexibility index (Phi) is 7.41. The highest BCUT2D eigenvalue weighted by Gasteiger charge is 2.65. The van der Waals surface area contributed by atoms with Crippen LogP contribution >= 0.6 is 10.2 Å². The molecular formula is C34H48F5NO3SSi. The monoisotopic (exact) mass is 673 g/mol. The summed E-state index contributed by atoms with van der Waals surface area (Å²) in [5.41, 5.74) is 4.90. The smallest absolute Gasteiger partial charge is 0.310 e. The van der Waals surface area contributed by atoms with Crippen LogP contribution in [0.1, 0.15) is 131 Å². The van der Waals surface area contributed by atoms with Crippen molar-refractivity contribution in [2.75, 3.05) is 13.2 Å². The molecule has 2 atom stereocenters. The van der Waals surface area contributed by atoms with Crippen LogP contribution in [0.2, 0.25) is 18.1 Å². The van der Waals surface area contributed by atoms with Crippen molar-refractivity contribution in [1.82, 2.24) is 4.98 Å². The van der Waals surface area contributed by atoms with Crippen LogP contribution in [0.4, 0.5) is 19.4 Å². The summed E-state index contributed by atoms with van der Waals surface area (Å²) in [5.74, 6) is 0.106. The Bertz CT molecular complexity index is 1480. The van der Waals surface area contributed by atoms with Gasteiger partial charge < -0.3 is 13.9 Å². The van der Waals surface area contributed by atoms with Crippen molar-refractivity contribution in [2.24, 2.45) is 5.41 Å². The highest BCUT2D eigenvalue weighted by molar-refractivity contribution is 8.45. The summed E-state index contributed by atoms with van der Waals surface area (Å²) in [4.78, 5) is 3.58. The molecule has 2 aromatic rings. The number of rotatable bonds is 5. The second kappa shape index (κ2) is 10.00. The predicted octanol–water partition coefficient (Wildman–Crippen LogP) is 11.6. The topological polar surface area (TPSA) is 40.6 Å². The summed E-state index contributed by atoms with van der Waals surface area (Å²) in [6, 6.07) is 3.39. The van der Waals surface area contributed by atoms with Gasteiger partial charge in [-0.2, -0.15) is 0 Å². The van der Waals surface area contributed by atoms with Crippen LogP contribution in [0.15, 0.2) is 29.2 Å². The predicted molar refractivity (Wildman–Crippen MR) is 171 cm³/mol. The van der Waals surface area contributed by atoms with E-state index in [-0.39, 0.29) is 22.5 Å². The van der Waals surface area contributed by atoms with Crippen molar-refractivity contribution in [1.29, 1.82) is 0 Å². The lowest BCUT2D eigenvalue weighted by Gasteiger charge is -2.45. The first-order valence-electron chi connectivity index (χ1n) is 16.3. The second-order valence-corrected chi connectivity index (χ2v) is 23.3. The summed E-state index contributed by atoms with van der Waals surface area (Å²) in [6.45, 7) is 17.0. The highest BCUT2D eigenvalue weighted by atomic mass is 32.5. The molecule has 45 heavy (non-hydrogen) atoms. The number of ether oxygens (including phenoxy) is 2. The maximum absolute atomic E-state index is 13.7. The largest absolute Gasteiger partial charge is 0.410 e. The van der Waals surface area contributed by atoms with E-state index < -0.39 is 35.1 Å². The fourth-order valence-corrected chi connectivity index (χ4v) is 9.67. The molecule has 1 aromatic carbocycles. The number of halogens is 5. The standard InChI is InChI=1S/C34H48F5NO3SSi/c1-32(2,3)45(6,7)43-26-21-33(4,5)20-25-27(26)29-28(30(40-25)22-14-18-41-19-15-22)31(42-34(29)16-8-9-17-34)23-10-12-24(13-11-23)44(35,36,37,38)39/h10-13,22,26,31H,8-9,14-21H2,1-7H3/t26-,31+/m0/s1. The number of benzene rings is 1. The Hall–Kier alpha value is -1.53. The van der Waals surface area contributed by atoms with Crippen molar-refractivity contribution in [3.63, 3.8) is 0 Å². The van der Waals surface area contributed by atoms with Gasteiger partial charge in [-0.15, -0.1) is 0 Å². The molecule has 2 fully saturated rings. The summed E-state index contributed by atoms with van der Waals surface area (Å²) in [6.07, 6.45) is 5.83. The summed E-state index contributed by atoms with van der Waals surface area (Å²) in [7, 11) is -12.1. The van der Waals surface area contributed by atoms with Gasteiger partial charge in [0.2, 0.25) is 0 Å². The van der Waals surface area contributed by atoms with E-state index in [1.807, 2.05) is 0 Å². The molecule has 0 amide bonds. The van der Waals surface area contributed by atoms with Gasteiger partial charge in [0.1, 0.15) is 11.0 Å². The van der Waals surface area contributed by atoms with E-state index in [1.54, 1.807) is 0 Å². The van der Waals surface area contributed by atoms with Crippen LogP contribution in [0.3, 0.4) is 0 Å². The molecule has 0 N–H and O–H groups in total. The van der Waals surface area contributed by atoms with E-state index in [0.717, 1.165) is 79.4 Å². The van der Waals surface area contributed by atoms with E-state index in [4.69, 9.17) is 18.9 Å². The normalized spacial score (nSPS) is 26.8. The number of hydrogen-bond acceptors (Lipinski definition) is 4. The van der Waals surface area contributed by atoms with E-state index in [1.165, 1.54) is 12.1 Å². The lowest BCUT2D eigenvalue weighted by molar-refractivity contribution is -0.0580. The lowest BCUT2D eigenvalue weighted by Crippen LogP contribution is -2.44. The van der Waals surface area contributed by atoms with Gasteiger partial charge in [0.05, 0.1) is 17.4 Å². The van der Waals surface area contributed by atoms with Gasteiger partial charge in [-0.3, -0.25) is 4.98 Å². The second-order valence-electron chi connectivity index (χ2n) is 16.2. The third-order valence-electron chi connectivity index (χ3n) is 11.0. The number of aromatic nitrogens is 1. The quantitative estimate of drug-likeness (QED) is 0.234. The first-order chi connectivity index (χ1) is 20.5. The van der Waals surface area contributed by atoms with Crippen LogP contribution in [-0.4, -0.2) is 26.5 Å². The minimum atomic E-state index is -9.82. The number of hydrogen-bond donors (Lipinski definition) is 0. The molecule has 4 aliphatic rings. The molecule has 0 bridgehead atoms. The fraction of sp³-hybridized carbons (Fsp3) is 0.676. The average molecular weight is 674 g/mol. The zero-order chi connectivity index (χ0) is 32.9. The first-order valence-corrected chi connectivity index (χ1v) is 21.2. The van der Waals surface area contributed by atoms with Crippen molar-refractivity contribution < 1.29 is 33.3 Å². The zero-order valence-corrected chi connectivity index (χ0v) is 29.4. The fourth-order valence-electron chi connectivity index (χ4n) is 7.76. The molecule has 4 nitrogen and oxygen atoms in total. The van der Waals surface area contributed by atoms with E-state index in [0.29, 0.717) is 30.9 Å². The molecule has 1 spiro atoms. The van der Waals surface area contributed by atoms with Gasteiger partial charge >= 0.3 is 10.2 Å². The SMILES string of the molecule is CC1(C)Cc2nc(C3CCOCC3)c3c(c2[C@@H](O[Si](C)(C)C(C)(C)C)C1)C1(CCCC1)O[C@@H]3c1ccc(S(F)(F)(F)(F)F)cc1. The zero-order valence-electron chi connectivity index (χ0n) is 27.6. The van der Waals surface area contributed by atoms with Gasteiger partial charge in [-0.05, 0) is 85.3 Å². The van der Waals surface area contributed by atoms with E-state index >= 15 is 0 Å². The van der Waals surface area contributed by atoms with Crippen molar-refractivity contribution >= 4 is 18.5 Å². The molecule has 1 saturated heterocycles. The Morgan fingerprint density at radius 2 is 1.53 bits per heavy atom. The Labute approximate surface area is 265 Å². The Balaban J connectivity index is 1.59. The van der Waals surface area contributed by atoms with Gasteiger partial charge in [0, 0.05) is 36.0 Å². The number of pyridine rings is 1. The van der Waals surface area contributed by atoms with Crippen molar-refractivity contribution in [3.05, 3.63) is 57.9 Å². The van der Waals surface area contributed by atoms with Gasteiger partial charge in [0.15, 0.2) is 8.32 Å². The third kappa shape index (κ3) is 6.14. The summed E-state index contributed by atoms with van der Waals surface area (Å²) in [5, 5.41) is -0.0118. The summed E-state index contributed by atoms with van der Waals surface area (Å²) >= 11 is 0. The Morgan fingerprint density at radius 3 is 2.09 bits per heavy atom. The van der Waals surface area contributed by atoms with Gasteiger partial charge in [-0.25, -0.2) is 0 Å². The van der Waals surface area contributed by atoms with Crippen molar-refractivity contribution in [2.45, 2.75) is 133 Å². The Morgan fingerprint density at radius 1 is 0.933 bits per heavy atom. The lowest BCUT2D eigenvalue weighted by atomic mass is 9.70. The maximum atomic E-state index is 13.7. The van der Waals surface area contributed by atoms with E-state index in [9.17, 15) is 19.4 Å². The van der Waals surface area contributed by atoms with E-state index in [2.05, 4.69) is 47.7 Å². The molecular weight excluding hydrogens is 626 g/mol. The highest BCUT2D eigenvalue weighted by Crippen LogP contribution is 3.02. The van der Waals surface area contributed by atoms with Crippen LogP contribution in [0.5, 0.6) is 0 Å². The van der Waals surface area contributed by atoms with Crippen LogP contribution in [0, 0.1) is 5.41 Å². The van der Waals surface area contributed by atoms with Crippen LogP contribution < -0.4 is 0 Å². The third-order valence-corrected chi connectivity index (χ3v) is 16.7. The van der Waals surface area contributed by atoms with Gasteiger partial charge in [-0.1, -0.05) is 79.0 Å². The molecule has 3 heterocycles. The van der Waals surface area contributed by atoms with Crippen molar-refractivity contribution in [3.8, 4) is 0 Å². The van der Waals surface area contributed by atoms with Crippen LogP contribution in [0.25, 0.3) is 0 Å². The molecule has 1 saturated carbocycles. The molecule has 2 aliphatic heterocycles. The maximum Gasteiger partial charge on any atom is 0.310 e. The molecule has 1 aromatic heterocycles. The minimum absolute atomic E-state index is 0.0118. The van der Waals surface area contributed by atoms with Crippen LogP contribution in [-0.2, 0) is 25.9 Å². The minimum Gasteiger partial charge on any atom is -0.410 e. The molecule has 252 valence electrons. The molecule has 0 unspecified atom stereocenters. The molecule has 0 radical (unpaired) electrons. The van der Waals surface area contributed by atoms with Gasteiger partial charge in [0.25, 0.3) is 0 Å². The first kappa shape index (κ1) is 33.4. The average Bonchev–Trinajstić information content (AvgIpc) is 3.51. The molecule has 2 aliphatic carbocycles. The number of fused-ring (bicyclic) bond motifs is 4.